The molecular weight excluding hydrogens is 488 g/mol. The lowest BCUT2D eigenvalue weighted by Gasteiger charge is -2.19. The van der Waals surface area contributed by atoms with Crippen LogP contribution >= 0.6 is 11.8 Å². The fourth-order valence-electron chi connectivity index (χ4n) is 3.85. The summed E-state index contributed by atoms with van der Waals surface area (Å²) in [7, 11) is 1.46. The second-order valence-corrected chi connectivity index (χ2v) is 9.81. The van der Waals surface area contributed by atoms with Crippen LogP contribution in [0.2, 0.25) is 0 Å². The van der Waals surface area contributed by atoms with E-state index in [0.29, 0.717) is 21.4 Å². The Kier molecular flexibility index (Phi) is 7.69. The number of benzene rings is 3. The maximum Gasteiger partial charge on any atom is 0.271 e. The molecule has 1 saturated heterocycles. The van der Waals surface area contributed by atoms with Crippen LogP contribution in [0.15, 0.2) is 64.5 Å². The van der Waals surface area contributed by atoms with E-state index >= 15 is 0 Å². The molecule has 1 aliphatic heterocycles. The molecule has 7 nitrogen and oxygen atoms in total. The van der Waals surface area contributed by atoms with E-state index < -0.39 is 12.6 Å². The largest absolute Gasteiger partial charge is 0.546 e. The van der Waals surface area contributed by atoms with Crippen molar-refractivity contribution in [2.24, 2.45) is 4.99 Å². The predicted octanol–water partition coefficient (Wildman–Crippen LogP) is 4.87. The highest BCUT2D eigenvalue weighted by molar-refractivity contribution is 8.19. The molecule has 190 valence electrons. The van der Waals surface area contributed by atoms with Crippen molar-refractivity contribution < 1.29 is 24.2 Å². The maximum absolute atomic E-state index is 13.8. The van der Waals surface area contributed by atoms with E-state index in [9.17, 15) is 14.7 Å². The van der Waals surface area contributed by atoms with Gasteiger partial charge in [0.1, 0.15) is 6.61 Å². The Balaban J connectivity index is 1.78. The maximum atomic E-state index is 13.8. The average molecular weight is 516 g/mol. The van der Waals surface area contributed by atoms with E-state index in [-0.39, 0.29) is 11.7 Å². The number of carboxylic acids is 1. The fraction of sp³-hybridized carbons (Fsp3) is 0.207. The van der Waals surface area contributed by atoms with Gasteiger partial charge in [0, 0.05) is 0 Å². The van der Waals surface area contributed by atoms with Gasteiger partial charge in [-0.2, -0.15) is 0 Å². The van der Waals surface area contributed by atoms with Crippen LogP contribution in [0.25, 0.3) is 6.08 Å². The third kappa shape index (κ3) is 5.86. The highest BCUT2D eigenvalue weighted by Gasteiger charge is 2.35. The lowest BCUT2D eigenvalue weighted by atomic mass is 10.1. The first-order chi connectivity index (χ1) is 17.7. The zero-order chi connectivity index (χ0) is 26.7. The molecule has 0 atom stereocenters. The van der Waals surface area contributed by atoms with Crippen molar-refractivity contribution in [3.05, 3.63) is 87.3 Å². The fourth-order valence-corrected chi connectivity index (χ4v) is 4.83. The quantitative estimate of drug-likeness (QED) is 0.417. The number of rotatable bonds is 7. The smallest absolute Gasteiger partial charge is 0.271 e. The summed E-state index contributed by atoms with van der Waals surface area (Å²) >= 11 is 1.30. The Morgan fingerprint density at radius 3 is 2.38 bits per heavy atom. The first-order valence-corrected chi connectivity index (χ1v) is 12.5. The normalized spacial score (nSPS) is 15.5. The number of aryl methyl sites for hydroxylation is 4. The summed E-state index contributed by atoms with van der Waals surface area (Å²) in [6, 6.07) is 17.1. The summed E-state index contributed by atoms with van der Waals surface area (Å²) in [6.07, 6.45) is 1.77. The Labute approximate surface area is 220 Å². The van der Waals surface area contributed by atoms with Gasteiger partial charge in [-0.05, 0) is 97.6 Å². The number of ether oxygens (including phenoxy) is 2. The molecule has 0 unspecified atom stereocenters. The molecule has 0 radical (unpaired) electrons. The van der Waals surface area contributed by atoms with Crippen LogP contribution in [0.5, 0.6) is 11.5 Å². The molecule has 1 amide bonds. The van der Waals surface area contributed by atoms with Crippen molar-refractivity contribution in [2.75, 3.05) is 18.6 Å². The van der Waals surface area contributed by atoms with Crippen LogP contribution in [0, 0.1) is 27.7 Å². The van der Waals surface area contributed by atoms with Crippen LogP contribution < -0.4 is 19.5 Å². The van der Waals surface area contributed by atoms with Gasteiger partial charge in [0.15, 0.2) is 16.7 Å². The van der Waals surface area contributed by atoms with E-state index in [4.69, 9.17) is 14.5 Å². The lowest BCUT2D eigenvalue weighted by Crippen LogP contribution is -2.29. The van der Waals surface area contributed by atoms with E-state index in [1.54, 1.807) is 29.2 Å². The van der Waals surface area contributed by atoms with Crippen molar-refractivity contribution in [2.45, 2.75) is 27.7 Å². The second kappa shape index (κ2) is 10.9. The topological polar surface area (TPSA) is 91.3 Å². The van der Waals surface area contributed by atoms with Crippen LogP contribution in [-0.4, -0.2) is 30.8 Å². The number of thioether (sulfide) groups is 1. The SMILES string of the molecule is COc1cc(C=C2SC(=Nc3cc(C)ccc3C)N(c3cc(C)ccc3C)C2=O)ccc1OCC(=O)[O-]. The number of amidine groups is 1. The summed E-state index contributed by atoms with van der Waals surface area (Å²) in [5.41, 5.74) is 6.39. The van der Waals surface area contributed by atoms with Gasteiger partial charge < -0.3 is 19.4 Å². The predicted molar refractivity (Wildman–Crippen MR) is 145 cm³/mol. The molecule has 0 aromatic heterocycles. The van der Waals surface area contributed by atoms with Gasteiger partial charge in [0.05, 0.1) is 29.4 Å². The first-order valence-electron chi connectivity index (χ1n) is 11.6. The number of anilines is 1. The molecule has 1 fully saturated rings. The molecule has 4 rings (SSSR count). The van der Waals surface area contributed by atoms with E-state index in [2.05, 4.69) is 0 Å². The van der Waals surface area contributed by atoms with Crippen LogP contribution in [0.1, 0.15) is 27.8 Å². The Morgan fingerprint density at radius 2 is 1.68 bits per heavy atom. The molecule has 0 saturated carbocycles. The Bertz CT molecular complexity index is 1440. The summed E-state index contributed by atoms with van der Waals surface area (Å²) < 4.78 is 10.6. The average Bonchev–Trinajstić information content (AvgIpc) is 3.16. The molecule has 37 heavy (non-hydrogen) atoms. The molecule has 0 aliphatic carbocycles. The third-order valence-electron chi connectivity index (χ3n) is 5.82. The number of amides is 1. The summed E-state index contributed by atoms with van der Waals surface area (Å²) in [4.78, 5) is 31.6. The molecule has 0 spiro atoms. The second-order valence-electron chi connectivity index (χ2n) is 8.80. The van der Waals surface area contributed by atoms with Gasteiger partial charge in [-0.15, -0.1) is 0 Å². The number of hydrogen-bond acceptors (Lipinski definition) is 7. The molecule has 3 aromatic carbocycles. The van der Waals surface area contributed by atoms with Gasteiger partial charge in [-0.3, -0.25) is 9.69 Å². The molecule has 1 aliphatic rings. The number of carbonyl (C=O) groups is 2. The lowest BCUT2D eigenvalue weighted by molar-refractivity contribution is -0.307. The number of nitrogens with zero attached hydrogens (tertiary/aromatic N) is 2. The van der Waals surface area contributed by atoms with Crippen molar-refractivity contribution >= 4 is 46.3 Å². The summed E-state index contributed by atoms with van der Waals surface area (Å²) in [5, 5.41) is 11.3. The zero-order valence-electron chi connectivity index (χ0n) is 21.3. The monoisotopic (exact) mass is 515 g/mol. The van der Waals surface area contributed by atoms with Crippen LogP contribution in [0.4, 0.5) is 11.4 Å². The molecule has 0 bridgehead atoms. The zero-order valence-corrected chi connectivity index (χ0v) is 22.1. The number of carbonyl (C=O) groups excluding carboxylic acids is 2. The standard InChI is InChI=1S/C29H28N2O5S/c1-17-6-8-19(3)22(12-17)30-29-31(23-13-18(2)7-9-20(23)4)28(34)26(37-29)15-21-10-11-24(25(14-21)35-5)36-16-27(32)33/h6-15H,16H2,1-5H3,(H,32,33)/p-1. The Hall–Kier alpha value is -4.04. The molecular formula is C29H27N2O5S-. The molecule has 0 N–H and O–H groups in total. The van der Waals surface area contributed by atoms with Gasteiger partial charge in [-0.1, -0.05) is 30.3 Å². The number of aliphatic carboxylic acids is 1. The minimum absolute atomic E-state index is 0.181. The number of hydrogen-bond donors (Lipinski definition) is 0. The van der Waals surface area contributed by atoms with E-state index in [1.807, 2.05) is 64.1 Å². The van der Waals surface area contributed by atoms with Crippen molar-refractivity contribution in [3.63, 3.8) is 0 Å². The Morgan fingerprint density at radius 1 is 0.973 bits per heavy atom. The van der Waals surface area contributed by atoms with Crippen molar-refractivity contribution in [1.82, 2.24) is 0 Å². The van der Waals surface area contributed by atoms with Gasteiger partial charge >= 0.3 is 0 Å². The summed E-state index contributed by atoms with van der Waals surface area (Å²) in [5.74, 6) is -0.891. The molecule has 1 heterocycles. The van der Waals surface area contributed by atoms with Gasteiger partial charge in [0.25, 0.3) is 5.91 Å². The van der Waals surface area contributed by atoms with Crippen LogP contribution in [0.3, 0.4) is 0 Å². The van der Waals surface area contributed by atoms with Crippen molar-refractivity contribution in [3.8, 4) is 11.5 Å². The molecule has 8 heteroatoms. The first kappa shape index (κ1) is 26.0. The minimum atomic E-state index is -1.33. The number of methoxy groups -OCH3 is 1. The van der Waals surface area contributed by atoms with Gasteiger partial charge in [-0.25, -0.2) is 4.99 Å². The van der Waals surface area contributed by atoms with Crippen LogP contribution in [-0.2, 0) is 9.59 Å². The van der Waals surface area contributed by atoms with Gasteiger partial charge in [0.2, 0.25) is 0 Å². The van der Waals surface area contributed by atoms with E-state index in [1.165, 1.54) is 18.9 Å². The highest BCUT2D eigenvalue weighted by atomic mass is 32.2. The third-order valence-corrected chi connectivity index (χ3v) is 6.79. The molecule has 3 aromatic rings. The number of carboxylic acid groups (broad SMARTS) is 1. The summed E-state index contributed by atoms with van der Waals surface area (Å²) in [6.45, 7) is 7.38. The highest BCUT2D eigenvalue weighted by Crippen LogP contribution is 2.40. The number of aliphatic imine (C=N–C) groups is 1. The van der Waals surface area contributed by atoms with E-state index in [0.717, 1.165) is 33.6 Å². The minimum Gasteiger partial charge on any atom is -0.546 e. The van der Waals surface area contributed by atoms with Crippen molar-refractivity contribution in [1.29, 1.82) is 0 Å².